The van der Waals surface area contributed by atoms with Crippen molar-refractivity contribution in [2.75, 3.05) is 0 Å². The normalized spacial score (nSPS) is 10.5. The highest BCUT2D eigenvalue weighted by atomic mass is 16.5. The van der Waals surface area contributed by atoms with Gasteiger partial charge in [0.2, 0.25) is 5.91 Å². The zero-order chi connectivity index (χ0) is 20.1. The molecule has 4 aromatic rings. The van der Waals surface area contributed by atoms with E-state index < -0.39 is 5.91 Å². The van der Waals surface area contributed by atoms with Crippen LogP contribution in [-0.4, -0.2) is 21.8 Å². The molecular weight excluding hydrogens is 368 g/mol. The number of hydrogen-bond acceptors (Lipinski definition) is 4. The minimum absolute atomic E-state index is 0.0200. The molecule has 0 atom stereocenters. The van der Waals surface area contributed by atoms with Gasteiger partial charge in [-0.25, -0.2) is 4.98 Å². The van der Waals surface area contributed by atoms with Gasteiger partial charge in [0, 0.05) is 5.56 Å². The van der Waals surface area contributed by atoms with Crippen molar-refractivity contribution in [3.63, 3.8) is 0 Å². The van der Waals surface area contributed by atoms with Crippen molar-refractivity contribution in [2.45, 2.75) is 6.42 Å². The number of carbonyl (C=O) groups is 2. The second-order valence-corrected chi connectivity index (χ2v) is 6.32. The lowest BCUT2D eigenvalue weighted by Gasteiger charge is -2.09. The third-order valence-electron chi connectivity index (χ3n) is 4.16. The smallest absolute Gasteiger partial charge is 0.269 e. The van der Waals surface area contributed by atoms with Crippen LogP contribution in [0, 0.1) is 0 Å². The van der Waals surface area contributed by atoms with Gasteiger partial charge in [-0.2, -0.15) is 0 Å². The number of H-pyrrole nitrogens is 1. The number of hydrazine groups is 1. The van der Waals surface area contributed by atoms with E-state index in [9.17, 15) is 9.59 Å². The number of carbonyl (C=O) groups excluding carboxylic acids is 2. The minimum Gasteiger partial charge on any atom is -0.457 e. The third kappa shape index (κ3) is 4.59. The van der Waals surface area contributed by atoms with Crippen LogP contribution in [0.1, 0.15) is 16.2 Å². The van der Waals surface area contributed by atoms with Gasteiger partial charge in [-0.05, 0) is 42.5 Å². The molecule has 144 valence electrons. The monoisotopic (exact) mass is 386 g/mol. The Morgan fingerprint density at radius 3 is 2.45 bits per heavy atom. The van der Waals surface area contributed by atoms with Gasteiger partial charge in [0.1, 0.15) is 17.3 Å². The zero-order valence-electron chi connectivity index (χ0n) is 15.4. The van der Waals surface area contributed by atoms with E-state index >= 15 is 0 Å². The fraction of sp³-hybridized carbons (Fsp3) is 0.0455. The number of amides is 2. The van der Waals surface area contributed by atoms with Gasteiger partial charge in [-0.15, -0.1) is 0 Å². The van der Waals surface area contributed by atoms with Crippen LogP contribution in [0.15, 0.2) is 78.9 Å². The van der Waals surface area contributed by atoms with Gasteiger partial charge in [0.05, 0.1) is 17.5 Å². The first kappa shape index (κ1) is 18.2. The molecule has 7 heteroatoms. The first-order valence-corrected chi connectivity index (χ1v) is 9.03. The van der Waals surface area contributed by atoms with Crippen molar-refractivity contribution in [2.24, 2.45) is 0 Å². The molecule has 29 heavy (non-hydrogen) atoms. The summed E-state index contributed by atoms with van der Waals surface area (Å²) in [5.41, 5.74) is 6.82. The molecular formula is C22H18N4O3. The molecule has 2 amide bonds. The van der Waals surface area contributed by atoms with E-state index in [0.717, 1.165) is 11.0 Å². The van der Waals surface area contributed by atoms with Crippen LogP contribution in [-0.2, 0) is 11.2 Å². The maximum absolute atomic E-state index is 12.3. The number of fused-ring (bicyclic) bond motifs is 1. The lowest BCUT2D eigenvalue weighted by Crippen LogP contribution is -2.42. The first-order valence-electron chi connectivity index (χ1n) is 9.03. The minimum atomic E-state index is -0.443. The average Bonchev–Trinajstić information content (AvgIpc) is 3.15. The second kappa shape index (κ2) is 8.26. The van der Waals surface area contributed by atoms with Crippen molar-refractivity contribution in [1.29, 1.82) is 0 Å². The Bertz CT molecular complexity index is 1120. The Hall–Kier alpha value is -4.13. The standard InChI is InChI=1S/C22H18N4O3/c27-21(14-20-23-18-11-4-5-12-19(18)24-20)25-26-22(28)15-7-6-10-17(13-15)29-16-8-2-1-3-9-16/h1-13H,14H2,(H,23,24)(H,25,27)(H,26,28). The van der Waals surface area contributed by atoms with Crippen LogP contribution < -0.4 is 15.6 Å². The van der Waals surface area contributed by atoms with Crippen LogP contribution in [0.5, 0.6) is 11.5 Å². The highest BCUT2D eigenvalue weighted by molar-refractivity contribution is 5.95. The van der Waals surface area contributed by atoms with Gasteiger partial charge in [-0.1, -0.05) is 36.4 Å². The highest BCUT2D eigenvalue weighted by Crippen LogP contribution is 2.21. The summed E-state index contributed by atoms with van der Waals surface area (Å²) in [5.74, 6) is 0.897. The Labute approximate surface area is 166 Å². The largest absolute Gasteiger partial charge is 0.457 e. The summed E-state index contributed by atoms with van der Waals surface area (Å²) in [7, 11) is 0. The van der Waals surface area contributed by atoms with E-state index in [4.69, 9.17) is 4.74 Å². The summed E-state index contributed by atoms with van der Waals surface area (Å²) >= 11 is 0. The molecule has 4 rings (SSSR count). The number of ether oxygens (including phenoxy) is 1. The summed E-state index contributed by atoms with van der Waals surface area (Å²) in [6.45, 7) is 0. The lowest BCUT2D eigenvalue weighted by molar-refractivity contribution is -0.121. The van der Waals surface area contributed by atoms with Gasteiger partial charge in [-0.3, -0.25) is 20.4 Å². The summed E-state index contributed by atoms with van der Waals surface area (Å²) in [5, 5.41) is 0. The zero-order valence-corrected chi connectivity index (χ0v) is 15.4. The molecule has 0 saturated heterocycles. The SMILES string of the molecule is O=C(Cc1nc2ccccc2[nH]1)NNC(=O)c1cccc(Oc2ccccc2)c1. The quantitative estimate of drug-likeness (QED) is 0.458. The Balaban J connectivity index is 1.34. The fourth-order valence-electron chi connectivity index (χ4n) is 2.81. The Kier molecular flexibility index (Phi) is 5.20. The maximum atomic E-state index is 12.3. The van der Waals surface area contributed by atoms with Crippen LogP contribution in [0.4, 0.5) is 0 Å². The lowest BCUT2D eigenvalue weighted by atomic mass is 10.2. The molecule has 0 saturated carbocycles. The fourth-order valence-corrected chi connectivity index (χ4v) is 2.81. The van der Waals surface area contributed by atoms with Gasteiger partial charge < -0.3 is 9.72 Å². The van der Waals surface area contributed by atoms with Crippen LogP contribution in [0.3, 0.4) is 0 Å². The van der Waals surface area contributed by atoms with E-state index in [2.05, 4.69) is 20.8 Å². The summed E-state index contributed by atoms with van der Waals surface area (Å²) in [6, 6.07) is 23.5. The number of nitrogens with zero attached hydrogens (tertiary/aromatic N) is 1. The predicted molar refractivity (Wildman–Crippen MR) is 108 cm³/mol. The van der Waals surface area contributed by atoms with Crippen molar-refractivity contribution >= 4 is 22.8 Å². The molecule has 3 aromatic carbocycles. The topological polar surface area (TPSA) is 96.1 Å². The highest BCUT2D eigenvalue weighted by Gasteiger charge is 2.11. The molecule has 0 spiro atoms. The van der Waals surface area contributed by atoms with Gasteiger partial charge in [0.25, 0.3) is 5.91 Å². The number of benzene rings is 3. The number of nitrogens with one attached hydrogen (secondary N) is 3. The number of imidazole rings is 1. The Morgan fingerprint density at radius 1 is 0.862 bits per heavy atom. The van der Waals surface area contributed by atoms with E-state index in [-0.39, 0.29) is 12.3 Å². The maximum Gasteiger partial charge on any atom is 0.269 e. The predicted octanol–water partition coefficient (Wildman–Crippen LogP) is 3.36. The molecule has 1 aromatic heterocycles. The molecule has 3 N–H and O–H groups in total. The molecule has 0 fully saturated rings. The number of hydrogen-bond donors (Lipinski definition) is 3. The van der Waals surface area contributed by atoms with Gasteiger partial charge in [0.15, 0.2) is 0 Å². The number of aromatic nitrogens is 2. The van der Waals surface area contributed by atoms with Crippen molar-refractivity contribution in [3.05, 3.63) is 90.3 Å². The summed E-state index contributed by atoms with van der Waals surface area (Å²) in [6.07, 6.45) is 0.0200. The molecule has 0 aliphatic rings. The van der Waals surface area contributed by atoms with Crippen molar-refractivity contribution < 1.29 is 14.3 Å². The molecule has 0 aliphatic heterocycles. The van der Waals surface area contributed by atoms with E-state index in [1.165, 1.54) is 0 Å². The van der Waals surface area contributed by atoms with Crippen LogP contribution in [0.25, 0.3) is 11.0 Å². The molecule has 7 nitrogen and oxygen atoms in total. The summed E-state index contributed by atoms with van der Waals surface area (Å²) < 4.78 is 5.72. The third-order valence-corrected chi connectivity index (χ3v) is 4.16. The second-order valence-electron chi connectivity index (χ2n) is 6.32. The van der Waals surface area contributed by atoms with E-state index in [1.54, 1.807) is 24.3 Å². The van der Waals surface area contributed by atoms with E-state index in [1.807, 2.05) is 54.6 Å². The van der Waals surface area contributed by atoms with Gasteiger partial charge >= 0.3 is 0 Å². The Morgan fingerprint density at radius 2 is 1.62 bits per heavy atom. The molecule has 0 radical (unpaired) electrons. The number of aromatic amines is 1. The van der Waals surface area contributed by atoms with E-state index in [0.29, 0.717) is 22.9 Å². The number of para-hydroxylation sites is 3. The average molecular weight is 386 g/mol. The van der Waals surface area contributed by atoms with Crippen molar-refractivity contribution in [3.8, 4) is 11.5 Å². The van der Waals surface area contributed by atoms with Crippen molar-refractivity contribution in [1.82, 2.24) is 20.8 Å². The first-order chi connectivity index (χ1) is 14.2. The summed E-state index contributed by atoms with van der Waals surface area (Å²) in [4.78, 5) is 31.9. The molecule has 1 heterocycles. The molecule has 0 unspecified atom stereocenters. The van der Waals surface area contributed by atoms with Crippen LogP contribution >= 0.6 is 0 Å². The number of rotatable bonds is 5. The molecule has 0 aliphatic carbocycles. The van der Waals surface area contributed by atoms with Crippen LogP contribution in [0.2, 0.25) is 0 Å². The molecule has 0 bridgehead atoms.